The molecule has 0 aromatic heterocycles. The zero-order chi connectivity index (χ0) is 11.8. The molecule has 0 radical (unpaired) electrons. The van der Waals surface area contributed by atoms with Gasteiger partial charge in [-0.2, -0.15) is 0 Å². The fourth-order valence-corrected chi connectivity index (χ4v) is 2.24. The summed E-state index contributed by atoms with van der Waals surface area (Å²) in [5.74, 6) is 1.66. The average molecular weight is 218 g/mol. The van der Waals surface area contributed by atoms with Crippen LogP contribution in [0.1, 0.15) is 64.4 Å². The quantitative estimate of drug-likeness (QED) is 0.575. The molecule has 0 heteroatoms. The summed E-state index contributed by atoms with van der Waals surface area (Å²) in [6.07, 6.45) is 6.66. The normalized spacial score (nSPS) is 14.7. The predicted molar refractivity (Wildman–Crippen MR) is 72.8 cm³/mol. The first-order valence-corrected chi connectivity index (χ1v) is 6.82. The lowest BCUT2D eigenvalue weighted by molar-refractivity contribution is 0.445. The molecule has 0 aliphatic rings. The number of hydrogen-bond donors (Lipinski definition) is 0. The van der Waals surface area contributed by atoms with Crippen molar-refractivity contribution in [2.45, 2.75) is 58.8 Å². The highest BCUT2D eigenvalue weighted by molar-refractivity contribution is 5.19. The van der Waals surface area contributed by atoms with Crippen LogP contribution in [0.5, 0.6) is 0 Å². The van der Waals surface area contributed by atoms with Crippen LogP contribution in [0.4, 0.5) is 0 Å². The molecule has 1 aromatic rings. The monoisotopic (exact) mass is 218 g/mol. The van der Waals surface area contributed by atoms with E-state index in [1.165, 1.54) is 37.7 Å². The van der Waals surface area contributed by atoms with Crippen LogP contribution in [-0.4, -0.2) is 0 Å². The van der Waals surface area contributed by atoms with Gasteiger partial charge in [-0.25, -0.2) is 0 Å². The van der Waals surface area contributed by atoms with E-state index in [-0.39, 0.29) is 0 Å². The topological polar surface area (TPSA) is 0 Å². The summed E-state index contributed by atoms with van der Waals surface area (Å²) in [6.45, 7) is 6.95. The Morgan fingerprint density at radius 1 is 0.938 bits per heavy atom. The smallest absolute Gasteiger partial charge is 0.0162 e. The van der Waals surface area contributed by atoms with Crippen molar-refractivity contribution in [1.82, 2.24) is 0 Å². The second kappa shape index (κ2) is 7.49. The molecule has 0 heterocycles. The molecule has 0 aliphatic heterocycles. The highest BCUT2D eigenvalue weighted by Gasteiger charge is 2.11. The van der Waals surface area contributed by atoms with Crippen molar-refractivity contribution in [3.05, 3.63) is 35.9 Å². The van der Waals surface area contributed by atoms with Gasteiger partial charge in [0.05, 0.1) is 0 Å². The Hall–Kier alpha value is -0.780. The van der Waals surface area contributed by atoms with Gasteiger partial charge in [0.25, 0.3) is 0 Å². The van der Waals surface area contributed by atoms with Crippen molar-refractivity contribution in [3.63, 3.8) is 0 Å². The minimum absolute atomic E-state index is 0.778. The van der Waals surface area contributed by atoms with Crippen LogP contribution in [0, 0.1) is 5.92 Å². The molecule has 1 aromatic carbocycles. The van der Waals surface area contributed by atoms with E-state index < -0.39 is 0 Å². The van der Waals surface area contributed by atoms with Gasteiger partial charge in [0.15, 0.2) is 0 Å². The molecule has 0 bridgehead atoms. The lowest BCUT2D eigenvalue weighted by Gasteiger charge is -2.18. The lowest BCUT2D eigenvalue weighted by atomic mass is 9.87. The number of hydrogen-bond acceptors (Lipinski definition) is 0. The molecule has 0 saturated heterocycles. The van der Waals surface area contributed by atoms with Crippen LogP contribution in [0.25, 0.3) is 0 Å². The molecule has 0 fully saturated rings. The Morgan fingerprint density at radius 2 is 1.62 bits per heavy atom. The average Bonchev–Trinajstić information content (AvgIpc) is 2.35. The third-order valence-corrected chi connectivity index (χ3v) is 3.61. The molecule has 0 aliphatic carbocycles. The Labute approximate surface area is 101 Å². The number of benzene rings is 1. The van der Waals surface area contributed by atoms with E-state index in [2.05, 4.69) is 51.1 Å². The summed E-state index contributed by atoms with van der Waals surface area (Å²) in [5.41, 5.74) is 1.53. The summed E-state index contributed by atoms with van der Waals surface area (Å²) in [5, 5.41) is 0. The van der Waals surface area contributed by atoms with Crippen molar-refractivity contribution >= 4 is 0 Å². The molecule has 1 rings (SSSR count). The van der Waals surface area contributed by atoms with Gasteiger partial charge in [0.2, 0.25) is 0 Å². The maximum atomic E-state index is 2.37. The SMILES string of the molecule is CCCC(CCC(C)CC)c1ccccc1. The van der Waals surface area contributed by atoms with Gasteiger partial charge >= 0.3 is 0 Å². The van der Waals surface area contributed by atoms with E-state index in [1.807, 2.05) is 0 Å². The first-order chi connectivity index (χ1) is 7.77. The maximum Gasteiger partial charge on any atom is -0.0162 e. The third kappa shape index (κ3) is 4.38. The molecule has 0 amide bonds. The van der Waals surface area contributed by atoms with Gasteiger partial charge in [-0.15, -0.1) is 0 Å². The molecule has 2 atom stereocenters. The zero-order valence-corrected chi connectivity index (χ0v) is 11.1. The summed E-state index contributed by atoms with van der Waals surface area (Å²) >= 11 is 0. The molecule has 0 nitrogen and oxygen atoms in total. The molecule has 0 N–H and O–H groups in total. The predicted octanol–water partition coefficient (Wildman–Crippen LogP) is 5.40. The second-order valence-electron chi connectivity index (χ2n) is 4.99. The fraction of sp³-hybridized carbons (Fsp3) is 0.625. The second-order valence-corrected chi connectivity index (χ2v) is 4.99. The van der Waals surface area contributed by atoms with E-state index in [0.717, 1.165) is 11.8 Å². The molecular weight excluding hydrogens is 192 g/mol. The summed E-state index contributed by atoms with van der Waals surface area (Å²) in [4.78, 5) is 0. The van der Waals surface area contributed by atoms with Crippen molar-refractivity contribution < 1.29 is 0 Å². The van der Waals surface area contributed by atoms with Crippen molar-refractivity contribution in [3.8, 4) is 0 Å². The van der Waals surface area contributed by atoms with E-state index >= 15 is 0 Å². The minimum Gasteiger partial charge on any atom is -0.0654 e. The Morgan fingerprint density at radius 3 is 2.19 bits per heavy atom. The molecular formula is C16H26. The van der Waals surface area contributed by atoms with Crippen LogP contribution >= 0.6 is 0 Å². The third-order valence-electron chi connectivity index (χ3n) is 3.61. The highest BCUT2D eigenvalue weighted by Crippen LogP contribution is 2.28. The van der Waals surface area contributed by atoms with Gasteiger partial charge in [-0.1, -0.05) is 70.4 Å². The zero-order valence-electron chi connectivity index (χ0n) is 11.1. The van der Waals surface area contributed by atoms with E-state index in [0.29, 0.717) is 0 Å². The van der Waals surface area contributed by atoms with Crippen LogP contribution in [0.2, 0.25) is 0 Å². The van der Waals surface area contributed by atoms with Crippen molar-refractivity contribution in [2.24, 2.45) is 5.92 Å². The van der Waals surface area contributed by atoms with E-state index in [1.54, 1.807) is 0 Å². The maximum absolute atomic E-state index is 2.37. The summed E-state index contributed by atoms with van der Waals surface area (Å²) in [6, 6.07) is 11.0. The van der Waals surface area contributed by atoms with E-state index in [4.69, 9.17) is 0 Å². The Bertz CT molecular complexity index is 263. The van der Waals surface area contributed by atoms with Crippen LogP contribution in [-0.2, 0) is 0 Å². The van der Waals surface area contributed by atoms with Crippen molar-refractivity contribution in [1.29, 1.82) is 0 Å². The molecule has 0 spiro atoms. The summed E-state index contributed by atoms with van der Waals surface area (Å²) in [7, 11) is 0. The largest absolute Gasteiger partial charge is 0.0654 e. The van der Waals surface area contributed by atoms with Crippen LogP contribution in [0.3, 0.4) is 0 Å². The lowest BCUT2D eigenvalue weighted by Crippen LogP contribution is -2.02. The summed E-state index contributed by atoms with van der Waals surface area (Å²) < 4.78 is 0. The standard InChI is InChI=1S/C16H26/c1-4-9-15(13-12-14(3)5-2)16-10-7-6-8-11-16/h6-8,10-11,14-15H,4-5,9,12-13H2,1-3H3. The van der Waals surface area contributed by atoms with Gasteiger partial charge in [-0.3, -0.25) is 0 Å². The van der Waals surface area contributed by atoms with Crippen LogP contribution < -0.4 is 0 Å². The first kappa shape index (κ1) is 13.3. The van der Waals surface area contributed by atoms with Gasteiger partial charge in [0.1, 0.15) is 0 Å². The molecule has 0 saturated carbocycles. The molecule has 16 heavy (non-hydrogen) atoms. The molecule has 2 unspecified atom stereocenters. The van der Waals surface area contributed by atoms with Gasteiger partial charge < -0.3 is 0 Å². The highest BCUT2D eigenvalue weighted by atomic mass is 14.2. The van der Waals surface area contributed by atoms with Crippen molar-refractivity contribution in [2.75, 3.05) is 0 Å². The number of rotatable bonds is 7. The Balaban J connectivity index is 2.54. The fourth-order valence-electron chi connectivity index (χ4n) is 2.24. The first-order valence-electron chi connectivity index (χ1n) is 6.82. The minimum atomic E-state index is 0.778. The van der Waals surface area contributed by atoms with Crippen LogP contribution in [0.15, 0.2) is 30.3 Å². The van der Waals surface area contributed by atoms with Gasteiger partial charge in [0, 0.05) is 0 Å². The van der Waals surface area contributed by atoms with Gasteiger partial charge in [-0.05, 0) is 30.2 Å². The van der Waals surface area contributed by atoms with E-state index in [9.17, 15) is 0 Å². The molecule has 90 valence electrons. The Kier molecular flexibility index (Phi) is 6.22.